The molecule has 0 bridgehead atoms. The largest absolute Gasteiger partial charge is 0.369 e. The molecule has 1 atom stereocenters. The summed E-state index contributed by atoms with van der Waals surface area (Å²) < 4.78 is 0. The molecule has 0 radical (unpaired) electrons. The summed E-state index contributed by atoms with van der Waals surface area (Å²) in [7, 11) is 1.95. The van der Waals surface area contributed by atoms with Gasteiger partial charge in [0.1, 0.15) is 0 Å². The molecule has 27 heavy (non-hydrogen) atoms. The highest BCUT2D eigenvalue weighted by Crippen LogP contribution is 2.22. The Hall–Kier alpha value is -1.01. The zero-order chi connectivity index (χ0) is 17.8. The highest BCUT2D eigenvalue weighted by molar-refractivity contribution is 5.95. The Morgan fingerprint density at radius 1 is 1.07 bits per heavy atom. The van der Waals surface area contributed by atoms with Gasteiger partial charge < -0.3 is 15.1 Å². The first-order chi connectivity index (χ1) is 12.1. The Bertz CT molecular complexity index is 574. The fourth-order valence-corrected chi connectivity index (χ4v) is 4.03. The molecule has 154 valence electrons. The van der Waals surface area contributed by atoms with E-state index in [-0.39, 0.29) is 30.7 Å². The van der Waals surface area contributed by atoms with Crippen molar-refractivity contribution >= 4 is 36.4 Å². The summed E-state index contributed by atoms with van der Waals surface area (Å²) in [6.45, 7) is 10.6. The second kappa shape index (κ2) is 11.1. The van der Waals surface area contributed by atoms with Crippen molar-refractivity contribution in [2.45, 2.75) is 38.8 Å². The van der Waals surface area contributed by atoms with Crippen LogP contribution in [0.15, 0.2) is 24.3 Å². The van der Waals surface area contributed by atoms with Gasteiger partial charge in [-0.2, -0.15) is 0 Å². The summed E-state index contributed by atoms with van der Waals surface area (Å²) in [5, 5.41) is 3.20. The van der Waals surface area contributed by atoms with Crippen LogP contribution in [0.3, 0.4) is 0 Å². The van der Waals surface area contributed by atoms with E-state index < -0.39 is 0 Å². The molecule has 2 fully saturated rings. The summed E-state index contributed by atoms with van der Waals surface area (Å²) in [4.78, 5) is 19.8. The van der Waals surface area contributed by atoms with Crippen LogP contribution in [0.1, 0.15) is 37.0 Å². The third-order valence-electron chi connectivity index (χ3n) is 5.60. The summed E-state index contributed by atoms with van der Waals surface area (Å²) >= 11 is 0. The van der Waals surface area contributed by atoms with Gasteiger partial charge in [0, 0.05) is 62.6 Å². The maximum Gasteiger partial charge on any atom is 0.254 e. The zero-order valence-corrected chi connectivity index (χ0v) is 18.3. The predicted octanol–water partition coefficient (Wildman–Crippen LogP) is 2.88. The first-order valence-corrected chi connectivity index (χ1v) is 9.64. The monoisotopic (exact) mass is 416 g/mol. The lowest BCUT2D eigenvalue weighted by atomic mass is 10.1. The van der Waals surface area contributed by atoms with Crippen molar-refractivity contribution in [3.8, 4) is 0 Å². The number of hydrogen-bond acceptors (Lipinski definition) is 4. The van der Waals surface area contributed by atoms with Crippen molar-refractivity contribution in [3.05, 3.63) is 29.8 Å². The van der Waals surface area contributed by atoms with Gasteiger partial charge in [-0.3, -0.25) is 9.69 Å². The first-order valence-electron chi connectivity index (χ1n) is 9.64. The number of amides is 1. The SMILES string of the molecule is CNCC1CCCN1C(=O)c1ccc(N2CCN(C(C)C)CC2)cc1.Cl.Cl. The summed E-state index contributed by atoms with van der Waals surface area (Å²) in [5.74, 6) is 0.175. The molecule has 0 spiro atoms. The quantitative estimate of drug-likeness (QED) is 0.800. The van der Waals surface area contributed by atoms with Crippen LogP contribution >= 0.6 is 24.8 Å². The Morgan fingerprint density at radius 3 is 2.26 bits per heavy atom. The number of anilines is 1. The molecule has 5 nitrogen and oxygen atoms in total. The number of carbonyl (C=O) groups is 1. The molecule has 0 aromatic heterocycles. The number of nitrogens with one attached hydrogen (secondary N) is 1. The molecular formula is C20H34Cl2N4O. The number of piperazine rings is 1. The van der Waals surface area contributed by atoms with Gasteiger partial charge >= 0.3 is 0 Å². The second-order valence-corrected chi connectivity index (χ2v) is 7.52. The smallest absolute Gasteiger partial charge is 0.254 e. The van der Waals surface area contributed by atoms with E-state index in [9.17, 15) is 4.79 Å². The van der Waals surface area contributed by atoms with Crippen molar-refractivity contribution in [1.82, 2.24) is 15.1 Å². The molecule has 0 saturated carbocycles. The maximum atomic E-state index is 12.8. The number of nitrogens with zero attached hydrogens (tertiary/aromatic N) is 3. The van der Waals surface area contributed by atoms with E-state index >= 15 is 0 Å². The predicted molar refractivity (Wildman–Crippen MR) is 118 cm³/mol. The van der Waals surface area contributed by atoms with Crippen LogP contribution in [0.25, 0.3) is 0 Å². The van der Waals surface area contributed by atoms with Crippen molar-refractivity contribution in [3.63, 3.8) is 0 Å². The molecule has 2 aliphatic heterocycles. The number of rotatable bonds is 5. The zero-order valence-electron chi connectivity index (χ0n) is 16.7. The highest BCUT2D eigenvalue weighted by atomic mass is 35.5. The average molecular weight is 417 g/mol. The van der Waals surface area contributed by atoms with E-state index in [1.807, 2.05) is 24.1 Å². The topological polar surface area (TPSA) is 38.8 Å². The molecule has 0 aliphatic carbocycles. The molecule has 1 aromatic rings. The van der Waals surface area contributed by atoms with Crippen molar-refractivity contribution in [2.75, 3.05) is 51.2 Å². The lowest BCUT2D eigenvalue weighted by Crippen LogP contribution is -2.48. The fourth-order valence-electron chi connectivity index (χ4n) is 4.03. The van der Waals surface area contributed by atoms with Gasteiger partial charge in [-0.1, -0.05) is 0 Å². The van der Waals surface area contributed by atoms with Gasteiger partial charge in [0.05, 0.1) is 0 Å². The Labute approximate surface area is 176 Å². The molecule has 2 aliphatic rings. The summed E-state index contributed by atoms with van der Waals surface area (Å²) in [6.07, 6.45) is 2.21. The molecule has 7 heteroatoms. The van der Waals surface area contributed by atoms with Gasteiger partial charge in [0.2, 0.25) is 0 Å². The average Bonchev–Trinajstić information content (AvgIpc) is 3.10. The highest BCUT2D eigenvalue weighted by Gasteiger charge is 2.28. The van der Waals surface area contributed by atoms with Gasteiger partial charge in [-0.15, -0.1) is 24.8 Å². The number of hydrogen-bond donors (Lipinski definition) is 1. The number of carbonyl (C=O) groups excluding carboxylic acids is 1. The van der Waals surface area contributed by atoms with Crippen LogP contribution in [0.2, 0.25) is 0 Å². The van der Waals surface area contributed by atoms with E-state index in [0.717, 1.165) is 57.7 Å². The van der Waals surface area contributed by atoms with Crippen LogP contribution in [0.4, 0.5) is 5.69 Å². The number of likely N-dealkylation sites (N-methyl/N-ethyl adjacent to an activating group) is 1. The van der Waals surface area contributed by atoms with E-state index in [0.29, 0.717) is 12.1 Å². The molecule has 1 unspecified atom stereocenters. The van der Waals surface area contributed by atoms with Crippen LogP contribution in [0, 0.1) is 0 Å². The van der Waals surface area contributed by atoms with E-state index in [1.165, 1.54) is 5.69 Å². The van der Waals surface area contributed by atoms with Gasteiger partial charge in [0.25, 0.3) is 5.91 Å². The van der Waals surface area contributed by atoms with Crippen LogP contribution in [-0.2, 0) is 0 Å². The first kappa shape index (κ1) is 24.0. The Kier molecular flexibility index (Phi) is 9.88. The minimum Gasteiger partial charge on any atom is -0.369 e. The lowest BCUT2D eigenvalue weighted by molar-refractivity contribution is 0.0737. The van der Waals surface area contributed by atoms with Gasteiger partial charge in [-0.25, -0.2) is 0 Å². The van der Waals surface area contributed by atoms with Crippen molar-refractivity contribution in [1.29, 1.82) is 0 Å². The van der Waals surface area contributed by atoms with Crippen molar-refractivity contribution < 1.29 is 4.79 Å². The van der Waals surface area contributed by atoms with E-state index in [2.05, 4.69) is 41.1 Å². The minimum absolute atomic E-state index is 0. The van der Waals surface area contributed by atoms with Crippen molar-refractivity contribution in [2.24, 2.45) is 0 Å². The standard InChI is InChI=1S/C20H32N4O.2ClH/c1-16(2)22-11-13-23(14-12-22)18-8-6-17(7-9-18)20(25)24-10-4-5-19(24)15-21-3;;/h6-9,16,19,21H,4-5,10-15H2,1-3H3;2*1H. The molecule has 2 heterocycles. The fraction of sp³-hybridized carbons (Fsp3) is 0.650. The van der Waals surface area contributed by atoms with Crippen LogP contribution < -0.4 is 10.2 Å². The molecule has 3 rings (SSSR count). The van der Waals surface area contributed by atoms with Gasteiger partial charge in [-0.05, 0) is 58.0 Å². The van der Waals surface area contributed by atoms with E-state index in [1.54, 1.807) is 0 Å². The lowest BCUT2D eigenvalue weighted by Gasteiger charge is -2.38. The normalized spacial score (nSPS) is 20.4. The number of benzene rings is 1. The van der Waals surface area contributed by atoms with E-state index in [4.69, 9.17) is 0 Å². The molecule has 1 amide bonds. The van der Waals surface area contributed by atoms with Crippen LogP contribution in [0.5, 0.6) is 0 Å². The minimum atomic E-state index is 0. The molecule has 2 saturated heterocycles. The number of halogens is 2. The maximum absolute atomic E-state index is 12.8. The summed E-state index contributed by atoms with van der Waals surface area (Å²) in [5.41, 5.74) is 2.04. The third kappa shape index (κ3) is 5.74. The Morgan fingerprint density at radius 2 is 1.70 bits per heavy atom. The molecule has 1 N–H and O–H groups in total. The van der Waals surface area contributed by atoms with Crippen LogP contribution in [-0.4, -0.2) is 74.1 Å². The number of likely N-dealkylation sites (tertiary alicyclic amines) is 1. The molecular weight excluding hydrogens is 383 g/mol. The Balaban J connectivity index is 0.00000182. The third-order valence-corrected chi connectivity index (χ3v) is 5.60. The molecule has 1 aromatic carbocycles. The second-order valence-electron chi connectivity index (χ2n) is 7.52. The summed E-state index contributed by atoms with van der Waals surface area (Å²) in [6, 6.07) is 9.18. The van der Waals surface area contributed by atoms with Gasteiger partial charge in [0.15, 0.2) is 0 Å².